The standard InChI is InChI=1S/C20H15N5O7/c1-2-31-15-6-4-3-5-14(15)24-19(27)18(26)23(20(24)28)11-16-21-17(22-32-16)12-7-9-13(10-8-12)25(29)30/h3-10H,2,11H2,1H3. The summed E-state index contributed by atoms with van der Waals surface area (Å²) in [6.45, 7) is 1.63. The fourth-order valence-corrected chi connectivity index (χ4v) is 3.08. The smallest absolute Gasteiger partial charge is 0.339 e. The Morgan fingerprint density at radius 2 is 1.78 bits per heavy atom. The highest BCUT2D eigenvalue weighted by Crippen LogP contribution is 2.32. The summed E-state index contributed by atoms with van der Waals surface area (Å²) in [7, 11) is 0. The molecule has 1 aliphatic heterocycles. The highest BCUT2D eigenvalue weighted by molar-refractivity contribution is 6.52. The lowest BCUT2D eigenvalue weighted by atomic mass is 10.2. The minimum atomic E-state index is -1.05. The quantitative estimate of drug-likeness (QED) is 0.235. The summed E-state index contributed by atoms with van der Waals surface area (Å²) in [5.74, 6) is -1.77. The Kier molecular flexibility index (Phi) is 5.33. The molecule has 0 bridgehead atoms. The third-order valence-electron chi connectivity index (χ3n) is 4.56. The highest BCUT2D eigenvalue weighted by atomic mass is 16.6. The molecule has 3 aromatic rings. The van der Waals surface area contributed by atoms with Crippen LogP contribution in [-0.4, -0.2) is 44.4 Å². The van der Waals surface area contributed by atoms with Crippen LogP contribution < -0.4 is 9.64 Å². The van der Waals surface area contributed by atoms with Crippen LogP contribution in [0.1, 0.15) is 12.8 Å². The second-order valence-corrected chi connectivity index (χ2v) is 6.53. The number of imide groups is 2. The van der Waals surface area contributed by atoms with Gasteiger partial charge in [-0.15, -0.1) is 0 Å². The second-order valence-electron chi connectivity index (χ2n) is 6.53. The van der Waals surface area contributed by atoms with Gasteiger partial charge in [-0.1, -0.05) is 17.3 Å². The van der Waals surface area contributed by atoms with Gasteiger partial charge in [0.25, 0.3) is 5.69 Å². The Morgan fingerprint density at radius 3 is 2.47 bits per heavy atom. The van der Waals surface area contributed by atoms with Gasteiger partial charge in [0.2, 0.25) is 11.7 Å². The number of hydrogen-bond acceptors (Lipinski definition) is 9. The number of aromatic nitrogens is 2. The Labute approximate surface area is 180 Å². The van der Waals surface area contributed by atoms with Crippen LogP contribution in [0.2, 0.25) is 0 Å². The summed E-state index contributed by atoms with van der Waals surface area (Å²) in [4.78, 5) is 53.6. The number of nitrogens with zero attached hydrogens (tertiary/aromatic N) is 5. The number of carbonyl (C=O) groups excluding carboxylic acids is 3. The van der Waals surface area contributed by atoms with E-state index in [1.54, 1.807) is 25.1 Å². The average molecular weight is 437 g/mol. The third-order valence-corrected chi connectivity index (χ3v) is 4.56. The van der Waals surface area contributed by atoms with Gasteiger partial charge in [0.1, 0.15) is 12.3 Å². The predicted molar refractivity (Wildman–Crippen MR) is 107 cm³/mol. The van der Waals surface area contributed by atoms with E-state index in [-0.39, 0.29) is 28.8 Å². The number of hydrogen-bond donors (Lipinski definition) is 0. The average Bonchev–Trinajstić information content (AvgIpc) is 3.34. The predicted octanol–water partition coefficient (Wildman–Crippen LogP) is 2.54. The van der Waals surface area contributed by atoms with Gasteiger partial charge in [-0.25, -0.2) is 14.6 Å². The summed E-state index contributed by atoms with van der Waals surface area (Å²) in [6.07, 6.45) is 0. The van der Waals surface area contributed by atoms with Gasteiger partial charge in [0, 0.05) is 17.7 Å². The molecule has 4 amide bonds. The van der Waals surface area contributed by atoms with Crippen molar-refractivity contribution in [3.8, 4) is 17.1 Å². The van der Waals surface area contributed by atoms with Crippen LogP contribution in [0.3, 0.4) is 0 Å². The summed E-state index contributed by atoms with van der Waals surface area (Å²) in [5, 5.41) is 14.5. The zero-order valence-corrected chi connectivity index (χ0v) is 16.6. The lowest BCUT2D eigenvalue weighted by Crippen LogP contribution is -2.33. The first-order valence-corrected chi connectivity index (χ1v) is 9.40. The number of urea groups is 1. The van der Waals surface area contributed by atoms with E-state index in [2.05, 4.69) is 10.1 Å². The highest BCUT2D eigenvalue weighted by Gasteiger charge is 2.47. The van der Waals surface area contributed by atoms with Crippen molar-refractivity contribution in [3.05, 3.63) is 64.5 Å². The molecule has 0 aliphatic carbocycles. The molecule has 162 valence electrons. The third kappa shape index (κ3) is 3.64. The van der Waals surface area contributed by atoms with E-state index < -0.39 is 29.3 Å². The van der Waals surface area contributed by atoms with Gasteiger partial charge in [-0.2, -0.15) is 4.98 Å². The first-order chi connectivity index (χ1) is 15.4. The molecule has 1 aliphatic rings. The molecule has 1 saturated heterocycles. The molecule has 12 heteroatoms. The molecule has 1 fully saturated rings. The maximum absolute atomic E-state index is 12.9. The first kappa shape index (κ1) is 20.7. The summed E-state index contributed by atoms with van der Waals surface area (Å²) < 4.78 is 10.5. The number of amides is 4. The van der Waals surface area contributed by atoms with Crippen molar-refractivity contribution in [2.24, 2.45) is 0 Å². The molecule has 12 nitrogen and oxygen atoms in total. The number of ether oxygens (including phenoxy) is 1. The lowest BCUT2D eigenvalue weighted by molar-refractivity contribution is -0.384. The van der Waals surface area contributed by atoms with Crippen molar-refractivity contribution in [1.29, 1.82) is 0 Å². The minimum Gasteiger partial charge on any atom is -0.492 e. The molecule has 0 radical (unpaired) electrons. The van der Waals surface area contributed by atoms with Crippen molar-refractivity contribution in [2.45, 2.75) is 13.5 Å². The van der Waals surface area contributed by atoms with Crippen LogP contribution in [0.25, 0.3) is 11.4 Å². The van der Waals surface area contributed by atoms with Gasteiger partial charge < -0.3 is 9.26 Å². The maximum atomic E-state index is 12.9. The van der Waals surface area contributed by atoms with E-state index >= 15 is 0 Å². The number of carbonyl (C=O) groups is 3. The van der Waals surface area contributed by atoms with E-state index in [9.17, 15) is 24.5 Å². The number of rotatable bonds is 7. The molecule has 0 spiro atoms. The summed E-state index contributed by atoms with van der Waals surface area (Å²) >= 11 is 0. The first-order valence-electron chi connectivity index (χ1n) is 9.40. The molecular weight excluding hydrogens is 422 g/mol. The molecule has 32 heavy (non-hydrogen) atoms. The van der Waals surface area contributed by atoms with Crippen LogP contribution in [0, 0.1) is 10.1 Å². The molecule has 0 unspecified atom stereocenters. The van der Waals surface area contributed by atoms with Crippen molar-refractivity contribution in [3.63, 3.8) is 0 Å². The molecule has 0 N–H and O–H groups in total. The van der Waals surface area contributed by atoms with Gasteiger partial charge in [0.15, 0.2) is 0 Å². The van der Waals surface area contributed by atoms with Crippen molar-refractivity contribution >= 4 is 29.2 Å². The van der Waals surface area contributed by atoms with E-state index in [0.29, 0.717) is 17.1 Å². The number of non-ortho nitro benzene ring substituents is 1. The van der Waals surface area contributed by atoms with Crippen LogP contribution in [0.5, 0.6) is 5.75 Å². The SMILES string of the molecule is CCOc1ccccc1N1C(=O)C(=O)N(Cc2nc(-c3ccc([N+](=O)[O-])cc3)no2)C1=O. The second kappa shape index (κ2) is 8.26. The Bertz CT molecular complexity index is 1220. The molecule has 1 aromatic heterocycles. The Balaban J connectivity index is 1.56. The number of benzene rings is 2. The molecule has 0 atom stereocenters. The normalized spacial score (nSPS) is 13.7. The van der Waals surface area contributed by atoms with Crippen LogP contribution in [-0.2, 0) is 16.1 Å². The van der Waals surface area contributed by atoms with Gasteiger partial charge >= 0.3 is 17.8 Å². The van der Waals surface area contributed by atoms with Crippen molar-refractivity contribution < 1.29 is 28.6 Å². The Morgan fingerprint density at radius 1 is 1.06 bits per heavy atom. The molecule has 2 aromatic carbocycles. The largest absolute Gasteiger partial charge is 0.492 e. The van der Waals surface area contributed by atoms with Crippen molar-refractivity contribution in [2.75, 3.05) is 11.5 Å². The van der Waals surface area contributed by atoms with Crippen LogP contribution in [0.15, 0.2) is 53.1 Å². The van der Waals surface area contributed by atoms with Gasteiger partial charge in [0.05, 0.1) is 17.2 Å². The topological polar surface area (TPSA) is 149 Å². The molecule has 0 saturated carbocycles. The zero-order chi connectivity index (χ0) is 22.8. The van der Waals surface area contributed by atoms with E-state index in [1.807, 2.05) is 0 Å². The number of anilines is 1. The molecule has 2 heterocycles. The Hall–Kier alpha value is -4.61. The molecular formula is C20H15N5O7. The summed E-state index contributed by atoms with van der Waals surface area (Å²) in [6, 6.07) is 10.9. The summed E-state index contributed by atoms with van der Waals surface area (Å²) in [5.41, 5.74) is 0.488. The fraction of sp³-hybridized carbons (Fsp3) is 0.150. The van der Waals surface area contributed by atoms with E-state index in [1.165, 1.54) is 30.3 Å². The van der Waals surface area contributed by atoms with Crippen LogP contribution >= 0.6 is 0 Å². The lowest BCUT2D eigenvalue weighted by Gasteiger charge is -2.17. The molecule has 4 rings (SSSR count). The van der Waals surface area contributed by atoms with Crippen LogP contribution in [0.4, 0.5) is 16.2 Å². The van der Waals surface area contributed by atoms with Crippen molar-refractivity contribution in [1.82, 2.24) is 15.0 Å². The maximum Gasteiger partial charge on any atom is 0.339 e. The minimum absolute atomic E-state index is 0.0900. The van der Waals surface area contributed by atoms with Gasteiger partial charge in [-0.05, 0) is 31.2 Å². The monoisotopic (exact) mass is 437 g/mol. The van der Waals surface area contributed by atoms with Gasteiger partial charge in [-0.3, -0.25) is 19.7 Å². The number of nitro benzene ring substituents is 1. The zero-order valence-electron chi connectivity index (χ0n) is 16.6. The van der Waals surface area contributed by atoms with E-state index in [4.69, 9.17) is 9.26 Å². The number of nitro groups is 1. The number of para-hydroxylation sites is 2. The fourth-order valence-electron chi connectivity index (χ4n) is 3.08. The van der Waals surface area contributed by atoms with E-state index in [0.717, 1.165) is 4.90 Å².